The summed E-state index contributed by atoms with van der Waals surface area (Å²) in [5, 5.41) is 21.6. The summed E-state index contributed by atoms with van der Waals surface area (Å²) in [7, 11) is 0. The molecule has 1 aromatic carbocycles. The molecule has 0 aromatic heterocycles. The molecule has 0 fully saturated rings. The van der Waals surface area contributed by atoms with Crippen LogP contribution >= 0.6 is 0 Å². The van der Waals surface area contributed by atoms with Crippen LogP contribution in [0.15, 0.2) is 30.3 Å². The maximum atomic E-state index is 11.3. The van der Waals surface area contributed by atoms with Gasteiger partial charge in [-0.15, -0.1) is 0 Å². The Labute approximate surface area is 101 Å². The van der Waals surface area contributed by atoms with Crippen LogP contribution in [0.4, 0.5) is 0 Å². The zero-order valence-electron chi connectivity index (χ0n) is 10.2. The summed E-state index contributed by atoms with van der Waals surface area (Å²) >= 11 is 0. The monoisotopic (exact) mass is 237 g/mol. The van der Waals surface area contributed by atoms with E-state index >= 15 is 0 Å². The molecular weight excluding hydrogens is 218 g/mol. The number of benzene rings is 1. The molecule has 17 heavy (non-hydrogen) atoms. The summed E-state index contributed by atoms with van der Waals surface area (Å²) in [5.74, 6) is -1.22. The van der Waals surface area contributed by atoms with Gasteiger partial charge < -0.3 is 10.2 Å². The molecule has 1 rings (SSSR count). The third-order valence-corrected chi connectivity index (χ3v) is 3.07. The lowest BCUT2D eigenvalue weighted by atomic mass is 9.87. The first-order valence-corrected chi connectivity index (χ1v) is 5.66. The third kappa shape index (κ3) is 3.05. The number of carboxylic acid groups (broad SMARTS) is 1. The number of hydrogen-bond acceptors (Lipinski definition) is 3. The molecule has 0 radical (unpaired) electrons. The van der Waals surface area contributed by atoms with E-state index in [1.165, 1.54) is 0 Å². The topological polar surface area (TPSA) is 69.6 Å². The van der Waals surface area contributed by atoms with E-state index in [0.29, 0.717) is 6.54 Å². The number of aliphatic hydroxyl groups excluding tert-OH is 1. The Bertz CT molecular complexity index is 364. The van der Waals surface area contributed by atoms with Gasteiger partial charge in [0.2, 0.25) is 0 Å². The number of hydrogen-bond donors (Lipinski definition) is 3. The van der Waals surface area contributed by atoms with E-state index in [4.69, 9.17) is 0 Å². The van der Waals surface area contributed by atoms with E-state index in [2.05, 4.69) is 5.32 Å². The zero-order chi connectivity index (χ0) is 12.9. The molecule has 0 amide bonds. The predicted octanol–water partition coefficient (Wildman–Crippen LogP) is 1.25. The van der Waals surface area contributed by atoms with Gasteiger partial charge >= 0.3 is 5.97 Å². The van der Waals surface area contributed by atoms with E-state index in [0.717, 1.165) is 5.56 Å². The molecule has 3 N–H and O–H groups in total. The Hall–Kier alpha value is -1.39. The summed E-state index contributed by atoms with van der Waals surface area (Å²) in [6, 6.07) is 9.53. The molecule has 0 saturated heterocycles. The van der Waals surface area contributed by atoms with Crippen LogP contribution < -0.4 is 5.32 Å². The molecule has 0 unspecified atom stereocenters. The molecule has 4 heteroatoms. The number of aliphatic carboxylic acids is 1. The minimum Gasteiger partial charge on any atom is -0.480 e. The van der Waals surface area contributed by atoms with Gasteiger partial charge in [0, 0.05) is 6.54 Å². The Balaban J connectivity index is 2.78. The summed E-state index contributed by atoms with van der Waals surface area (Å²) in [5.41, 5.74) is -0.289. The molecule has 0 aliphatic carbocycles. The van der Waals surface area contributed by atoms with Crippen molar-refractivity contribution in [2.75, 3.05) is 6.61 Å². The number of rotatable bonds is 6. The zero-order valence-corrected chi connectivity index (χ0v) is 10.2. The lowest BCUT2D eigenvalue weighted by Gasteiger charge is -2.32. The van der Waals surface area contributed by atoms with Crippen LogP contribution in [0.3, 0.4) is 0 Å². The van der Waals surface area contributed by atoms with Crippen molar-refractivity contribution in [1.29, 1.82) is 0 Å². The highest BCUT2D eigenvalue weighted by Crippen LogP contribution is 2.18. The highest BCUT2D eigenvalue weighted by molar-refractivity contribution is 5.79. The van der Waals surface area contributed by atoms with Crippen molar-refractivity contribution < 1.29 is 15.0 Å². The van der Waals surface area contributed by atoms with Crippen molar-refractivity contribution in [2.24, 2.45) is 5.92 Å². The molecule has 0 aliphatic rings. The SMILES string of the molecule is CC(C)[C@](CO)(NCc1ccccc1)C(=O)O. The second kappa shape index (κ2) is 5.80. The van der Waals surface area contributed by atoms with Gasteiger partial charge in [-0.25, -0.2) is 0 Å². The van der Waals surface area contributed by atoms with Crippen LogP contribution in [-0.2, 0) is 11.3 Å². The van der Waals surface area contributed by atoms with Crippen LogP contribution in [0.1, 0.15) is 19.4 Å². The average molecular weight is 237 g/mol. The molecule has 0 aliphatic heterocycles. The third-order valence-electron chi connectivity index (χ3n) is 3.07. The number of carbonyl (C=O) groups is 1. The van der Waals surface area contributed by atoms with Crippen LogP contribution in [0.2, 0.25) is 0 Å². The van der Waals surface area contributed by atoms with E-state index in [-0.39, 0.29) is 5.92 Å². The van der Waals surface area contributed by atoms with Gasteiger partial charge in [-0.05, 0) is 11.5 Å². The molecule has 0 spiro atoms. The van der Waals surface area contributed by atoms with Gasteiger partial charge in [0.1, 0.15) is 5.54 Å². The van der Waals surface area contributed by atoms with Crippen molar-refractivity contribution >= 4 is 5.97 Å². The van der Waals surface area contributed by atoms with Gasteiger partial charge in [0.15, 0.2) is 0 Å². The highest BCUT2D eigenvalue weighted by atomic mass is 16.4. The average Bonchev–Trinajstić information content (AvgIpc) is 2.31. The van der Waals surface area contributed by atoms with Crippen molar-refractivity contribution in [3.05, 3.63) is 35.9 Å². The second-order valence-corrected chi connectivity index (χ2v) is 4.43. The van der Waals surface area contributed by atoms with Crippen molar-refractivity contribution in [3.8, 4) is 0 Å². The normalized spacial score (nSPS) is 14.6. The largest absolute Gasteiger partial charge is 0.480 e. The van der Waals surface area contributed by atoms with Crippen LogP contribution in [0.5, 0.6) is 0 Å². The van der Waals surface area contributed by atoms with Gasteiger partial charge in [-0.2, -0.15) is 0 Å². The first-order chi connectivity index (χ1) is 8.03. The molecule has 0 heterocycles. The minimum atomic E-state index is -1.28. The van der Waals surface area contributed by atoms with Gasteiger partial charge in [0.25, 0.3) is 0 Å². The van der Waals surface area contributed by atoms with Crippen molar-refractivity contribution in [2.45, 2.75) is 25.9 Å². The molecule has 1 aromatic rings. The minimum absolute atomic E-state index is 0.200. The summed E-state index contributed by atoms with van der Waals surface area (Å²) in [6.45, 7) is 3.56. The van der Waals surface area contributed by atoms with Crippen molar-refractivity contribution in [1.82, 2.24) is 5.32 Å². The molecular formula is C13H19NO3. The molecule has 0 bridgehead atoms. The van der Waals surface area contributed by atoms with Gasteiger partial charge in [-0.3, -0.25) is 10.1 Å². The van der Waals surface area contributed by atoms with Crippen LogP contribution in [-0.4, -0.2) is 28.3 Å². The lowest BCUT2D eigenvalue weighted by Crippen LogP contribution is -2.58. The smallest absolute Gasteiger partial charge is 0.326 e. The fourth-order valence-electron chi connectivity index (χ4n) is 1.69. The summed E-state index contributed by atoms with van der Waals surface area (Å²) in [6.07, 6.45) is 0. The number of nitrogens with one attached hydrogen (secondary N) is 1. The van der Waals surface area contributed by atoms with Crippen LogP contribution in [0.25, 0.3) is 0 Å². The first kappa shape index (κ1) is 13.7. The van der Waals surface area contributed by atoms with E-state index in [1.807, 2.05) is 30.3 Å². The number of carboxylic acids is 1. The Kier molecular flexibility index (Phi) is 4.66. The fourth-order valence-corrected chi connectivity index (χ4v) is 1.69. The fraction of sp³-hybridized carbons (Fsp3) is 0.462. The number of aliphatic hydroxyl groups is 1. The van der Waals surface area contributed by atoms with Gasteiger partial charge in [-0.1, -0.05) is 44.2 Å². The van der Waals surface area contributed by atoms with E-state index in [1.54, 1.807) is 13.8 Å². The molecule has 94 valence electrons. The van der Waals surface area contributed by atoms with Gasteiger partial charge in [0.05, 0.1) is 6.61 Å². The standard InChI is InChI=1S/C13H19NO3/c1-10(2)13(9-15,12(16)17)14-8-11-6-4-3-5-7-11/h3-7,10,14-15H,8-9H2,1-2H3,(H,16,17)/t13-/m0/s1. The van der Waals surface area contributed by atoms with E-state index < -0.39 is 18.1 Å². The molecule has 1 atom stereocenters. The first-order valence-electron chi connectivity index (χ1n) is 5.66. The lowest BCUT2D eigenvalue weighted by molar-refractivity contribution is -0.149. The summed E-state index contributed by atoms with van der Waals surface area (Å²) in [4.78, 5) is 11.3. The molecule has 0 saturated carbocycles. The van der Waals surface area contributed by atoms with E-state index in [9.17, 15) is 15.0 Å². The Morgan fingerprint density at radius 1 is 1.35 bits per heavy atom. The van der Waals surface area contributed by atoms with Crippen LogP contribution in [0, 0.1) is 5.92 Å². The second-order valence-electron chi connectivity index (χ2n) is 4.43. The maximum Gasteiger partial charge on any atom is 0.326 e. The van der Waals surface area contributed by atoms with Crippen molar-refractivity contribution in [3.63, 3.8) is 0 Å². The summed E-state index contributed by atoms with van der Waals surface area (Å²) < 4.78 is 0. The highest BCUT2D eigenvalue weighted by Gasteiger charge is 2.40. The predicted molar refractivity (Wildman–Crippen MR) is 65.6 cm³/mol. The maximum absolute atomic E-state index is 11.3. The Morgan fingerprint density at radius 3 is 2.35 bits per heavy atom. The quantitative estimate of drug-likeness (QED) is 0.696. The Morgan fingerprint density at radius 2 is 1.94 bits per heavy atom. The molecule has 4 nitrogen and oxygen atoms in total.